The molecule has 1 fully saturated rings. The van der Waals surface area contributed by atoms with Gasteiger partial charge in [0.05, 0.1) is 10.6 Å². The molecule has 1 aliphatic heterocycles. The molecule has 1 aliphatic rings. The fraction of sp³-hybridized carbons (Fsp3) is 0.125. The average molecular weight is 461 g/mol. The van der Waals surface area contributed by atoms with Crippen molar-refractivity contribution in [1.82, 2.24) is 4.90 Å². The van der Waals surface area contributed by atoms with Gasteiger partial charge in [-0.3, -0.25) is 29.5 Å². The molecule has 0 atom stereocenters. The molecule has 8 nitrogen and oxygen atoms in total. The van der Waals surface area contributed by atoms with Crippen LogP contribution in [0, 0.1) is 10.1 Å². The smallest absolute Gasteiger partial charge is 0.270 e. The Hall–Kier alpha value is -4.11. The minimum absolute atomic E-state index is 0.0287. The standard InChI is InChI=1S/C24H19N3O5S/c1-2-14-25-22(28)20(23(29)26(24(25)33)17-6-4-3-5-7-17)15-19-12-13-21(32-19)16-8-10-18(11-9-16)27(30)31/h3-13,15H,2,14H2,1H3/b20-15-. The van der Waals surface area contributed by atoms with E-state index in [1.54, 1.807) is 48.5 Å². The van der Waals surface area contributed by atoms with Crippen LogP contribution in [-0.2, 0) is 9.59 Å². The summed E-state index contributed by atoms with van der Waals surface area (Å²) >= 11 is 5.48. The number of benzene rings is 2. The molecule has 33 heavy (non-hydrogen) atoms. The van der Waals surface area contributed by atoms with Gasteiger partial charge in [-0.15, -0.1) is 0 Å². The summed E-state index contributed by atoms with van der Waals surface area (Å²) in [5.74, 6) is -0.255. The molecule has 1 aromatic heterocycles. The van der Waals surface area contributed by atoms with E-state index in [0.29, 0.717) is 35.7 Å². The molecule has 2 aromatic carbocycles. The second kappa shape index (κ2) is 9.17. The molecule has 0 unspecified atom stereocenters. The van der Waals surface area contributed by atoms with Crippen molar-refractivity contribution in [2.24, 2.45) is 0 Å². The minimum atomic E-state index is -0.531. The van der Waals surface area contributed by atoms with Gasteiger partial charge in [0.1, 0.15) is 17.1 Å². The van der Waals surface area contributed by atoms with Gasteiger partial charge in [-0.05, 0) is 61.1 Å². The van der Waals surface area contributed by atoms with Crippen molar-refractivity contribution in [3.05, 3.63) is 88.2 Å². The molecule has 2 amide bonds. The number of hydrogen-bond acceptors (Lipinski definition) is 6. The summed E-state index contributed by atoms with van der Waals surface area (Å²) in [4.78, 5) is 39.5. The lowest BCUT2D eigenvalue weighted by atomic mass is 10.1. The highest BCUT2D eigenvalue weighted by Gasteiger charge is 2.40. The van der Waals surface area contributed by atoms with Gasteiger partial charge >= 0.3 is 0 Å². The van der Waals surface area contributed by atoms with Gasteiger partial charge < -0.3 is 4.42 Å². The van der Waals surface area contributed by atoms with Crippen molar-refractivity contribution in [1.29, 1.82) is 0 Å². The zero-order valence-electron chi connectivity index (χ0n) is 17.6. The first kappa shape index (κ1) is 22.1. The molecule has 3 aromatic rings. The normalized spacial score (nSPS) is 15.4. The Morgan fingerprint density at radius 3 is 2.33 bits per heavy atom. The lowest BCUT2D eigenvalue weighted by Gasteiger charge is -2.36. The molecule has 2 heterocycles. The second-order valence-electron chi connectivity index (χ2n) is 7.28. The van der Waals surface area contributed by atoms with E-state index in [1.165, 1.54) is 28.0 Å². The molecule has 0 bridgehead atoms. The Kier molecular flexibility index (Phi) is 6.14. The Morgan fingerprint density at radius 1 is 1.00 bits per heavy atom. The molecule has 0 spiro atoms. The monoisotopic (exact) mass is 461 g/mol. The fourth-order valence-electron chi connectivity index (χ4n) is 3.48. The van der Waals surface area contributed by atoms with Crippen LogP contribution in [0.5, 0.6) is 0 Å². The lowest BCUT2D eigenvalue weighted by molar-refractivity contribution is -0.384. The number of furan rings is 1. The van der Waals surface area contributed by atoms with Crippen LogP contribution in [0.3, 0.4) is 0 Å². The highest BCUT2D eigenvalue weighted by Crippen LogP contribution is 2.29. The van der Waals surface area contributed by atoms with Crippen molar-refractivity contribution >= 4 is 46.6 Å². The predicted octanol–water partition coefficient (Wildman–Crippen LogP) is 4.81. The van der Waals surface area contributed by atoms with Crippen molar-refractivity contribution in [2.75, 3.05) is 11.4 Å². The molecule has 0 radical (unpaired) electrons. The third kappa shape index (κ3) is 4.31. The van der Waals surface area contributed by atoms with Crippen LogP contribution in [0.25, 0.3) is 17.4 Å². The Balaban J connectivity index is 1.70. The Morgan fingerprint density at radius 2 is 1.70 bits per heavy atom. The van der Waals surface area contributed by atoms with Gasteiger partial charge in [0.25, 0.3) is 17.5 Å². The Bertz CT molecular complexity index is 1260. The van der Waals surface area contributed by atoms with E-state index in [1.807, 2.05) is 13.0 Å². The third-order valence-electron chi connectivity index (χ3n) is 5.07. The van der Waals surface area contributed by atoms with E-state index in [2.05, 4.69) is 0 Å². The number of nitrogens with zero attached hydrogens (tertiary/aromatic N) is 3. The number of amides is 2. The van der Waals surface area contributed by atoms with Crippen LogP contribution >= 0.6 is 12.2 Å². The fourth-order valence-corrected chi connectivity index (χ4v) is 3.84. The molecule has 0 N–H and O–H groups in total. The lowest BCUT2D eigenvalue weighted by Crippen LogP contribution is -2.56. The first-order valence-electron chi connectivity index (χ1n) is 10.2. The summed E-state index contributed by atoms with van der Waals surface area (Å²) in [5.41, 5.74) is 1.11. The summed E-state index contributed by atoms with van der Waals surface area (Å²) in [6.07, 6.45) is 2.07. The maximum Gasteiger partial charge on any atom is 0.270 e. The predicted molar refractivity (Wildman–Crippen MR) is 127 cm³/mol. The van der Waals surface area contributed by atoms with Crippen molar-refractivity contribution < 1.29 is 18.9 Å². The molecular weight excluding hydrogens is 442 g/mol. The molecule has 0 saturated carbocycles. The first-order valence-corrected chi connectivity index (χ1v) is 10.6. The zero-order valence-corrected chi connectivity index (χ0v) is 18.5. The van der Waals surface area contributed by atoms with Crippen molar-refractivity contribution in [3.63, 3.8) is 0 Å². The number of rotatable bonds is 6. The summed E-state index contributed by atoms with van der Waals surface area (Å²) in [7, 11) is 0. The number of carbonyl (C=O) groups is 2. The van der Waals surface area contributed by atoms with Gasteiger partial charge in [0.15, 0.2) is 5.11 Å². The van der Waals surface area contributed by atoms with Crippen molar-refractivity contribution in [3.8, 4) is 11.3 Å². The van der Waals surface area contributed by atoms with E-state index < -0.39 is 16.7 Å². The molecule has 0 aliphatic carbocycles. The van der Waals surface area contributed by atoms with E-state index in [-0.39, 0.29) is 16.4 Å². The van der Waals surface area contributed by atoms with E-state index in [4.69, 9.17) is 16.6 Å². The third-order valence-corrected chi connectivity index (χ3v) is 5.47. The second-order valence-corrected chi connectivity index (χ2v) is 7.64. The van der Waals surface area contributed by atoms with Gasteiger partial charge in [-0.1, -0.05) is 25.1 Å². The van der Waals surface area contributed by atoms with E-state index in [9.17, 15) is 19.7 Å². The van der Waals surface area contributed by atoms with Crippen LogP contribution in [-0.4, -0.2) is 33.3 Å². The van der Waals surface area contributed by atoms with Crippen LogP contribution in [0.1, 0.15) is 19.1 Å². The van der Waals surface area contributed by atoms with Crippen LogP contribution in [0.4, 0.5) is 11.4 Å². The Labute approximate surface area is 194 Å². The van der Waals surface area contributed by atoms with Crippen LogP contribution < -0.4 is 4.90 Å². The minimum Gasteiger partial charge on any atom is -0.457 e. The largest absolute Gasteiger partial charge is 0.457 e. The molecule has 1 saturated heterocycles. The number of para-hydroxylation sites is 1. The highest BCUT2D eigenvalue weighted by atomic mass is 32.1. The zero-order chi connectivity index (χ0) is 23.5. The summed E-state index contributed by atoms with van der Waals surface area (Å²) < 4.78 is 5.81. The number of hydrogen-bond donors (Lipinski definition) is 0. The summed E-state index contributed by atoms with van der Waals surface area (Å²) in [6, 6.07) is 18.1. The van der Waals surface area contributed by atoms with Crippen LogP contribution in [0.2, 0.25) is 0 Å². The first-order chi connectivity index (χ1) is 15.9. The van der Waals surface area contributed by atoms with Crippen molar-refractivity contribution in [2.45, 2.75) is 13.3 Å². The number of nitro benzene ring substituents is 1. The number of nitro groups is 1. The molecule has 4 rings (SSSR count). The SMILES string of the molecule is CCCN1C(=O)/C(=C/c2ccc(-c3ccc([N+](=O)[O-])cc3)o2)C(=O)N(c2ccccc2)C1=S. The molecular formula is C24H19N3O5S. The number of carbonyl (C=O) groups excluding carboxylic acids is 2. The highest BCUT2D eigenvalue weighted by molar-refractivity contribution is 7.80. The number of thiocarbonyl (C=S) groups is 1. The maximum absolute atomic E-state index is 13.3. The van der Waals surface area contributed by atoms with Crippen LogP contribution in [0.15, 0.2) is 76.7 Å². The molecule has 9 heteroatoms. The maximum atomic E-state index is 13.3. The van der Waals surface area contributed by atoms with E-state index in [0.717, 1.165) is 0 Å². The van der Waals surface area contributed by atoms with Gasteiger partial charge in [0, 0.05) is 24.2 Å². The summed E-state index contributed by atoms with van der Waals surface area (Å²) in [6.45, 7) is 2.30. The quantitative estimate of drug-likeness (QED) is 0.172. The number of non-ortho nitro benzene ring substituents is 1. The average Bonchev–Trinajstić information content (AvgIpc) is 3.29. The topological polar surface area (TPSA) is 96.9 Å². The number of anilines is 1. The van der Waals surface area contributed by atoms with Gasteiger partial charge in [0.2, 0.25) is 0 Å². The van der Waals surface area contributed by atoms with Gasteiger partial charge in [-0.25, -0.2) is 0 Å². The van der Waals surface area contributed by atoms with E-state index >= 15 is 0 Å². The molecule has 166 valence electrons. The summed E-state index contributed by atoms with van der Waals surface area (Å²) in [5, 5.41) is 11.0. The van der Waals surface area contributed by atoms with Gasteiger partial charge in [-0.2, -0.15) is 0 Å².